The van der Waals surface area contributed by atoms with Crippen LogP contribution in [-0.4, -0.2) is 23.9 Å². The standard InChI is InChI=1S/C15H12N2O.C12H12N2O3/c16-15(18)17-13-7-3-1-5-11(13)9-10-12-6-2-4-8-14(12)17;1-2-12(8-6-4-3-5-7-8)9(15)13-11(17)14-10(12)16/h1-10H,(H2,16,18);3-7H,2H2,1H3,(H2,13,14,15,16,17). The Bertz CT molecular complexity index is 1260. The van der Waals surface area contributed by atoms with Gasteiger partial charge in [-0.1, -0.05) is 85.8 Å². The molecular formula is C27H24N4O4. The van der Waals surface area contributed by atoms with Crippen LogP contribution in [0.3, 0.4) is 0 Å². The zero-order valence-electron chi connectivity index (χ0n) is 19.0. The summed E-state index contributed by atoms with van der Waals surface area (Å²) >= 11 is 0. The lowest BCUT2D eigenvalue weighted by Gasteiger charge is -2.33. The number of imide groups is 2. The van der Waals surface area contributed by atoms with Gasteiger partial charge >= 0.3 is 12.1 Å². The number of benzene rings is 3. The summed E-state index contributed by atoms with van der Waals surface area (Å²) in [5.74, 6) is -1.14. The number of nitrogens with zero attached hydrogens (tertiary/aromatic N) is 1. The molecule has 6 amide bonds. The van der Waals surface area contributed by atoms with Gasteiger partial charge in [0.2, 0.25) is 11.8 Å². The highest BCUT2D eigenvalue weighted by atomic mass is 16.2. The zero-order chi connectivity index (χ0) is 25.0. The number of fused-ring (bicyclic) bond motifs is 2. The van der Waals surface area contributed by atoms with E-state index in [0.717, 1.165) is 22.5 Å². The SMILES string of the molecule is CCC1(c2ccccc2)C(=O)NC(=O)NC1=O.NC(=O)N1c2ccccc2C=Cc2ccccc21. The van der Waals surface area contributed by atoms with Crippen LogP contribution < -0.4 is 21.3 Å². The summed E-state index contributed by atoms with van der Waals surface area (Å²) in [6.07, 6.45) is 4.29. The van der Waals surface area contributed by atoms with Crippen molar-refractivity contribution in [3.63, 3.8) is 0 Å². The van der Waals surface area contributed by atoms with E-state index in [0.29, 0.717) is 12.0 Å². The van der Waals surface area contributed by atoms with Gasteiger partial charge in [0.05, 0.1) is 11.4 Å². The number of nitrogens with two attached hydrogens (primary N) is 1. The number of nitrogens with one attached hydrogen (secondary N) is 2. The van der Waals surface area contributed by atoms with Crippen LogP contribution in [0.4, 0.5) is 21.0 Å². The Kier molecular flexibility index (Phi) is 6.46. The van der Waals surface area contributed by atoms with Crippen LogP contribution in [0.25, 0.3) is 12.2 Å². The van der Waals surface area contributed by atoms with E-state index in [2.05, 4.69) is 10.6 Å². The fourth-order valence-electron chi connectivity index (χ4n) is 4.28. The first-order valence-corrected chi connectivity index (χ1v) is 11.1. The maximum atomic E-state index is 12.0. The molecule has 0 saturated carbocycles. The van der Waals surface area contributed by atoms with Gasteiger partial charge in [-0.2, -0.15) is 0 Å². The van der Waals surface area contributed by atoms with Crippen molar-refractivity contribution in [2.75, 3.05) is 4.90 Å². The predicted octanol–water partition coefficient (Wildman–Crippen LogP) is 4.09. The predicted molar refractivity (Wildman–Crippen MR) is 134 cm³/mol. The molecule has 3 aromatic carbocycles. The number of hydrogen-bond acceptors (Lipinski definition) is 4. The summed E-state index contributed by atoms with van der Waals surface area (Å²) in [5.41, 5.74) is 8.38. The Morgan fingerprint density at radius 1 is 0.771 bits per heavy atom. The van der Waals surface area contributed by atoms with Crippen LogP contribution in [0.2, 0.25) is 0 Å². The highest BCUT2D eigenvalue weighted by molar-refractivity contribution is 6.22. The molecule has 0 atom stereocenters. The first kappa shape index (κ1) is 23.4. The second-order valence-electron chi connectivity index (χ2n) is 7.99. The minimum atomic E-state index is -1.31. The molecule has 35 heavy (non-hydrogen) atoms. The Morgan fingerprint density at radius 3 is 1.69 bits per heavy atom. The first-order chi connectivity index (χ1) is 16.9. The Labute approximate surface area is 202 Å². The summed E-state index contributed by atoms with van der Waals surface area (Å²) in [6.45, 7) is 1.74. The largest absolute Gasteiger partial charge is 0.351 e. The Hall–Kier alpha value is -4.72. The van der Waals surface area contributed by atoms with E-state index in [-0.39, 0.29) is 0 Å². The maximum Gasteiger partial charge on any atom is 0.328 e. The van der Waals surface area contributed by atoms with E-state index in [1.54, 1.807) is 42.2 Å². The smallest absolute Gasteiger partial charge is 0.328 e. The van der Waals surface area contributed by atoms with Crippen LogP contribution in [0.15, 0.2) is 78.9 Å². The summed E-state index contributed by atoms with van der Waals surface area (Å²) in [5, 5.41) is 4.28. The van der Waals surface area contributed by atoms with Crippen molar-refractivity contribution in [1.29, 1.82) is 0 Å². The molecule has 2 aliphatic rings. The highest BCUT2D eigenvalue weighted by Crippen LogP contribution is 2.35. The third-order valence-electron chi connectivity index (χ3n) is 6.04. The Balaban J connectivity index is 0.000000165. The molecule has 2 heterocycles. The van der Waals surface area contributed by atoms with Crippen LogP contribution in [0.5, 0.6) is 0 Å². The van der Waals surface area contributed by atoms with Crippen molar-refractivity contribution in [1.82, 2.24) is 10.6 Å². The van der Waals surface area contributed by atoms with E-state index < -0.39 is 29.3 Å². The molecule has 0 radical (unpaired) electrons. The van der Waals surface area contributed by atoms with Gasteiger partial charge in [0, 0.05) is 0 Å². The second kappa shape index (κ2) is 9.64. The molecule has 3 aromatic rings. The van der Waals surface area contributed by atoms with Crippen molar-refractivity contribution in [2.45, 2.75) is 18.8 Å². The van der Waals surface area contributed by atoms with E-state index in [9.17, 15) is 19.2 Å². The molecular weight excluding hydrogens is 444 g/mol. The van der Waals surface area contributed by atoms with Gasteiger partial charge in [-0.25, -0.2) is 9.59 Å². The highest BCUT2D eigenvalue weighted by Gasteiger charge is 2.50. The normalized spacial score (nSPS) is 15.5. The quantitative estimate of drug-likeness (QED) is 0.491. The van der Waals surface area contributed by atoms with Gasteiger partial charge in [0.15, 0.2) is 5.41 Å². The van der Waals surface area contributed by atoms with Crippen LogP contribution >= 0.6 is 0 Å². The fourth-order valence-corrected chi connectivity index (χ4v) is 4.28. The monoisotopic (exact) mass is 468 g/mol. The Morgan fingerprint density at radius 2 is 1.23 bits per heavy atom. The molecule has 4 N–H and O–H groups in total. The lowest BCUT2D eigenvalue weighted by molar-refractivity contribution is -0.138. The van der Waals surface area contributed by atoms with E-state index in [1.165, 1.54) is 0 Å². The van der Waals surface area contributed by atoms with E-state index in [1.807, 2.05) is 60.7 Å². The lowest BCUT2D eigenvalue weighted by Crippen LogP contribution is -2.64. The van der Waals surface area contributed by atoms with Crippen molar-refractivity contribution in [3.05, 3.63) is 95.6 Å². The average molecular weight is 469 g/mol. The number of anilines is 2. The number of primary amides is 1. The van der Waals surface area contributed by atoms with Crippen molar-refractivity contribution in [2.24, 2.45) is 5.73 Å². The second-order valence-corrected chi connectivity index (χ2v) is 7.99. The summed E-state index contributed by atoms with van der Waals surface area (Å²) in [7, 11) is 0. The molecule has 0 spiro atoms. The molecule has 0 aliphatic carbocycles. The molecule has 1 saturated heterocycles. The number of rotatable bonds is 2. The van der Waals surface area contributed by atoms with E-state index in [4.69, 9.17) is 5.73 Å². The van der Waals surface area contributed by atoms with Gasteiger partial charge in [-0.3, -0.25) is 25.1 Å². The number of carbonyl (C=O) groups is 4. The molecule has 0 unspecified atom stereocenters. The van der Waals surface area contributed by atoms with Crippen LogP contribution in [0.1, 0.15) is 30.0 Å². The van der Waals surface area contributed by atoms with Crippen LogP contribution in [0, 0.1) is 0 Å². The zero-order valence-corrected chi connectivity index (χ0v) is 19.0. The molecule has 8 nitrogen and oxygen atoms in total. The fraction of sp³-hybridized carbons (Fsp3) is 0.111. The minimum Gasteiger partial charge on any atom is -0.351 e. The number of urea groups is 2. The molecule has 1 fully saturated rings. The van der Waals surface area contributed by atoms with Gasteiger partial charge in [-0.15, -0.1) is 0 Å². The maximum absolute atomic E-state index is 12.0. The molecule has 8 heteroatoms. The van der Waals surface area contributed by atoms with Crippen molar-refractivity contribution >= 4 is 47.4 Å². The van der Waals surface area contributed by atoms with Crippen molar-refractivity contribution in [3.8, 4) is 0 Å². The minimum absolute atomic E-state index is 0.294. The molecule has 0 aromatic heterocycles. The molecule has 2 aliphatic heterocycles. The van der Waals surface area contributed by atoms with Gasteiger partial charge in [0.1, 0.15) is 0 Å². The average Bonchev–Trinajstić information content (AvgIpc) is 3.02. The van der Waals surface area contributed by atoms with Gasteiger partial charge in [-0.05, 0) is 35.2 Å². The summed E-state index contributed by atoms with van der Waals surface area (Å²) in [6, 6.07) is 22.9. The molecule has 176 valence electrons. The number of carbonyl (C=O) groups excluding carboxylic acids is 4. The molecule has 5 rings (SSSR count). The van der Waals surface area contributed by atoms with Gasteiger partial charge < -0.3 is 5.73 Å². The number of barbiturate groups is 1. The third kappa shape index (κ3) is 4.29. The topological polar surface area (TPSA) is 122 Å². The summed E-state index contributed by atoms with van der Waals surface area (Å²) in [4.78, 5) is 48.3. The van der Waals surface area contributed by atoms with E-state index >= 15 is 0 Å². The molecule has 0 bridgehead atoms. The first-order valence-electron chi connectivity index (χ1n) is 11.1. The number of amides is 6. The summed E-state index contributed by atoms with van der Waals surface area (Å²) < 4.78 is 0. The van der Waals surface area contributed by atoms with Crippen LogP contribution in [-0.2, 0) is 15.0 Å². The number of para-hydroxylation sites is 2. The van der Waals surface area contributed by atoms with Gasteiger partial charge in [0.25, 0.3) is 0 Å². The lowest BCUT2D eigenvalue weighted by atomic mass is 9.75. The third-order valence-corrected chi connectivity index (χ3v) is 6.04. The van der Waals surface area contributed by atoms with Crippen molar-refractivity contribution < 1.29 is 19.2 Å². The number of hydrogen-bond donors (Lipinski definition) is 3.